The number of benzene rings is 1. The molecule has 0 amide bonds. The Bertz CT molecular complexity index is 519. The third kappa shape index (κ3) is 2.62. The highest BCUT2D eigenvalue weighted by atomic mass is 16.5. The summed E-state index contributed by atoms with van der Waals surface area (Å²) in [7, 11) is 0. The minimum Gasteiger partial charge on any atom is -0.489 e. The topological polar surface area (TPSA) is 63.6 Å². The zero-order valence-electron chi connectivity index (χ0n) is 11.3. The van der Waals surface area contributed by atoms with Crippen LogP contribution in [0.4, 0.5) is 0 Å². The summed E-state index contributed by atoms with van der Waals surface area (Å²) in [5.41, 5.74) is 1.13. The molecule has 2 atom stereocenters. The molecule has 0 fully saturated rings. The smallest absolute Gasteiger partial charge is 0.310 e. The van der Waals surface area contributed by atoms with E-state index in [9.17, 15) is 9.59 Å². The van der Waals surface area contributed by atoms with Crippen LogP contribution in [0.5, 0.6) is 5.75 Å². The highest BCUT2D eigenvalue weighted by molar-refractivity contribution is 6.00. The van der Waals surface area contributed by atoms with E-state index in [2.05, 4.69) is 0 Å². The first-order valence-corrected chi connectivity index (χ1v) is 6.46. The minimum atomic E-state index is -0.899. The zero-order chi connectivity index (χ0) is 14.2. The Morgan fingerprint density at radius 3 is 2.63 bits per heavy atom. The predicted octanol–water partition coefficient (Wildman–Crippen LogP) is 2.86. The van der Waals surface area contributed by atoms with E-state index in [0.29, 0.717) is 23.3 Å². The second-order valence-corrected chi connectivity index (χ2v) is 5.34. The summed E-state index contributed by atoms with van der Waals surface area (Å²) in [5.74, 6) is -0.657. The summed E-state index contributed by atoms with van der Waals surface area (Å²) in [6, 6.07) is 5.07. The Morgan fingerprint density at radius 1 is 1.37 bits per heavy atom. The number of rotatable bonds is 3. The van der Waals surface area contributed by atoms with Crippen molar-refractivity contribution in [2.45, 2.75) is 39.2 Å². The average molecular weight is 262 g/mol. The molecule has 0 radical (unpaired) electrons. The van der Waals surface area contributed by atoms with Crippen molar-refractivity contribution in [1.82, 2.24) is 0 Å². The molecule has 1 N–H and O–H groups in total. The summed E-state index contributed by atoms with van der Waals surface area (Å²) in [4.78, 5) is 23.1. The van der Waals surface area contributed by atoms with Crippen LogP contribution in [0, 0.1) is 5.92 Å². The number of ketones is 1. The number of aliphatic carboxylic acids is 1. The fraction of sp³-hybridized carbons (Fsp3) is 0.467. The van der Waals surface area contributed by atoms with E-state index in [1.54, 1.807) is 25.1 Å². The van der Waals surface area contributed by atoms with Crippen LogP contribution < -0.4 is 4.74 Å². The predicted molar refractivity (Wildman–Crippen MR) is 70.7 cm³/mol. The molecule has 0 aromatic heterocycles. The van der Waals surface area contributed by atoms with Crippen molar-refractivity contribution in [2.75, 3.05) is 0 Å². The number of hydrogen-bond donors (Lipinski definition) is 1. The summed E-state index contributed by atoms with van der Waals surface area (Å²) >= 11 is 0. The van der Waals surface area contributed by atoms with E-state index in [1.807, 2.05) is 13.8 Å². The fourth-order valence-corrected chi connectivity index (χ4v) is 2.15. The zero-order valence-corrected chi connectivity index (χ0v) is 11.3. The Kier molecular flexibility index (Phi) is 3.60. The maximum atomic E-state index is 12.1. The molecule has 1 heterocycles. The summed E-state index contributed by atoms with van der Waals surface area (Å²) in [5, 5.41) is 9.00. The van der Waals surface area contributed by atoms with Crippen molar-refractivity contribution in [3.63, 3.8) is 0 Å². The van der Waals surface area contributed by atoms with Gasteiger partial charge in [0.1, 0.15) is 11.9 Å². The molecule has 4 heteroatoms. The standard InChI is InChI=1S/C15H18O4/c1-8(2)14-7-12(16)11-6-10(9(3)15(17)18)4-5-13(11)19-14/h4-6,8-9,14H,7H2,1-3H3,(H,17,18). The summed E-state index contributed by atoms with van der Waals surface area (Å²) in [6.45, 7) is 5.64. The Balaban J connectivity index is 2.34. The van der Waals surface area contributed by atoms with Crippen molar-refractivity contribution >= 4 is 11.8 Å². The monoisotopic (exact) mass is 262 g/mol. The maximum Gasteiger partial charge on any atom is 0.310 e. The number of carboxylic acids is 1. The molecule has 1 aliphatic rings. The van der Waals surface area contributed by atoms with E-state index >= 15 is 0 Å². The third-order valence-corrected chi connectivity index (χ3v) is 3.58. The molecule has 4 nitrogen and oxygen atoms in total. The Hall–Kier alpha value is -1.84. The van der Waals surface area contributed by atoms with Crippen LogP contribution in [-0.4, -0.2) is 23.0 Å². The molecule has 1 aromatic rings. The molecule has 0 saturated carbocycles. The molecular formula is C15H18O4. The van der Waals surface area contributed by atoms with E-state index in [4.69, 9.17) is 9.84 Å². The molecule has 102 valence electrons. The lowest BCUT2D eigenvalue weighted by Crippen LogP contribution is -2.31. The number of carbonyl (C=O) groups is 2. The van der Waals surface area contributed by atoms with Gasteiger partial charge >= 0.3 is 5.97 Å². The summed E-state index contributed by atoms with van der Waals surface area (Å²) in [6.07, 6.45) is 0.262. The lowest BCUT2D eigenvalue weighted by Gasteiger charge is -2.28. The number of ether oxygens (including phenoxy) is 1. The van der Waals surface area contributed by atoms with Gasteiger partial charge in [0, 0.05) is 6.42 Å². The Morgan fingerprint density at radius 2 is 2.05 bits per heavy atom. The van der Waals surface area contributed by atoms with Gasteiger partial charge in [-0.05, 0) is 30.5 Å². The van der Waals surface area contributed by atoms with Crippen LogP contribution in [0.25, 0.3) is 0 Å². The van der Waals surface area contributed by atoms with Crippen LogP contribution >= 0.6 is 0 Å². The highest BCUT2D eigenvalue weighted by Gasteiger charge is 2.29. The Labute approximate surface area is 112 Å². The molecule has 0 bridgehead atoms. The van der Waals surface area contributed by atoms with Crippen LogP contribution in [0.1, 0.15) is 49.0 Å². The fourth-order valence-electron chi connectivity index (χ4n) is 2.15. The molecule has 19 heavy (non-hydrogen) atoms. The lowest BCUT2D eigenvalue weighted by atomic mass is 9.91. The highest BCUT2D eigenvalue weighted by Crippen LogP contribution is 2.32. The minimum absolute atomic E-state index is 0.0272. The average Bonchev–Trinajstić information content (AvgIpc) is 2.37. The van der Waals surface area contributed by atoms with Gasteiger partial charge in [0.25, 0.3) is 0 Å². The normalized spacial score (nSPS) is 19.8. The van der Waals surface area contributed by atoms with Crippen LogP contribution in [0.15, 0.2) is 18.2 Å². The molecular weight excluding hydrogens is 244 g/mol. The van der Waals surface area contributed by atoms with Crippen molar-refractivity contribution in [3.05, 3.63) is 29.3 Å². The molecule has 2 rings (SSSR count). The van der Waals surface area contributed by atoms with Gasteiger partial charge in [0.05, 0.1) is 11.5 Å². The van der Waals surface area contributed by atoms with Gasteiger partial charge in [-0.1, -0.05) is 19.9 Å². The molecule has 0 aliphatic carbocycles. The maximum absolute atomic E-state index is 12.1. The molecule has 1 aliphatic heterocycles. The second-order valence-electron chi connectivity index (χ2n) is 5.34. The number of fused-ring (bicyclic) bond motifs is 1. The quantitative estimate of drug-likeness (QED) is 0.909. The first kappa shape index (κ1) is 13.6. The molecule has 0 saturated heterocycles. The number of carbonyl (C=O) groups excluding carboxylic acids is 1. The second kappa shape index (κ2) is 5.03. The van der Waals surface area contributed by atoms with Crippen molar-refractivity contribution < 1.29 is 19.4 Å². The van der Waals surface area contributed by atoms with Crippen LogP contribution in [0.3, 0.4) is 0 Å². The van der Waals surface area contributed by atoms with Gasteiger partial charge in [0.15, 0.2) is 5.78 Å². The number of hydrogen-bond acceptors (Lipinski definition) is 3. The van der Waals surface area contributed by atoms with Crippen LogP contribution in [0.2, 0.25) is 0 Å². The first-order valence-electron chi connectivity index (χ1n) is 6.46. The van der Waals surface area contributed by atoms with Gasteiger partial charge in [-0.25, -0.2) is 0 Å². The SMILES string of the molecule is CC(C(=O)O)c1ccc2c(c1)C(=O)CC(C(C)C)O2. The van der Waals surface area contributed by atoms with E-state index in [0.717, 1.165) is 0 Å². The number of carboxylic acid groups (broad SMARTS) is 1. The van der Waals surface area contributed by atoms with E-state index in [-0.39, 0.29) is 17.8 Å². The largest absolute Gasteiger partial charge is 0.489 e. The van der Waals surface area contributed by atoms with Crippen molar-refractivity contribution in [3.8, 4) is 5.75 Å². The van der Waals surface area contributed by atoms with Crippen molar-refractivity contribution in [2.24, 2.45) is 5.92 Å². The van der Waals surface area contributed by atoms with Gasteiger partial charge in [0.2, 0.25) is 0 Å². The van der Waals surface area contributed by atoms with E-state index < -0.39 is 11.9 Å². The third-order valence-electron chi connectivity index (χ3n) is 3.58. The van der Waals surface area contributed by atoms with Gasteiger partial charge < -0.3 is 9.84 Å². The number of Topliss-reactive ketones (excluding diaryl/α,β-unsaturated/α-hetero) is 1. The molecule has 0 spiro atoms. The molecule has 2 unspecified atom stereocenters. The van der Waals surface area contributed by atoms with Crippen LogP contribution in [-0.2, 0) is 4.79 Å². The van der Waals surface area contributed by atoms with E-state index in [1.165, 1.54) is 0 Å². The van der Waals surface area contributed by atoms with Crippen molar-refractivity contribution in [1.29, 1.82) is 0 Å². The van der Waals surface area contributed by atoms with Gasteiger partial charge in [-0.2, -0.15) is 0 Å². The molecule has 1 aromatic carbocycles. The van der Waals surface area contributed by atoms with Gasteiger partial charge in [-0.3, -0.25) is 9.59 Å². The van der Waals surface area contributed by atoms with Gasteiger partial charge in [-0.15, -0.1) is 0 Å². The first-order chi connectivity index (χ1) is 8.90. The summed E-state index contributed by atoms with van der Waals surface area (Å²) < 4.78 is 5.79. The lowest BCUT2D eigenvalue weighted by molar-refractivity contribution is -0.138.